The molecule has 0 spiro atoms. The van der Waals surface area contributed by atoms with Crippen molar-refractivity contribution in [2.75, 3.05) is 0 Å². The lowest BCUT2D eigenvalue weighted by Gasteiger charge is -2.42. The van der Waals surface area contributed by atoms with Crippen LogP contribution in [0.4, 0.5) is 0 Å². The van der Waals surface area contributed by atoms with E-state index in [1.165, 1.54) is 25.7 Å². The van der Waals surface area contributed by atoms with Gasteiger partial charge in [-0.05, 0) is 29.6 Å². The molecule has 1 rings (SSSR count). The van der Waals surface area contributed by atoms with E-state index >= 15 is 0 Å². The molecule has 0 heterocycles. The second-order valence-electron chi connectivity index (χ2n) is 5.73. The third kappa shape index (κ3) is 2.52. The highest BCUT2D eigenvalue weighted by atomic mass is 14.4. The molecule has 0 heteroatoms. The second kappa shape index (κ2) is 5.19. The highest BCUT2D eigenvalue weighted by Crippen LogP contribution is 2.43. The largest absolute Gasteiger partial charge is 0.0654 e. The third-order valence-electron chi connectivity index (χ3n) is 4.64. The van der Waals surface area contributed by atoms with E-state index in [0.29, 0.717) is 0 Å². The zero-order valence-electron chi connectivity index (χ0n) is 10.7. The fourth-order valence-corrected chi connectivity index (χ4v) is 3.61. The molecular formula is C14H28. The van der Waals surface area contributed by atoms with Gasteiger partial charge in [0.1, 0.15) is 0 Å². The Labute approximate surface area is 90.5 Å². The van der Waals surface area contributed by atoms with Crippen LogP contribution in [-0.2, 0) is 0 Å². The molecule has 1 aliphatic carbocycles. The van der Waals surface area contributed by atoms with Crippen molar-refractivity contribution in [1.82, 2.24) is 0 Å². The van der Waals surface area contributed by atoms with Crippen LogP contribution in [0.2, 0.25) is 0 Å². The zero-order chi connectivity index (χ0) is 10.7. The topological polar surface area (TPSA) is 0 Å². The van der Waals surface area contributed by atoms with Gasteiger partial charge >= 0.3 is 0 Å². The molecule has 1 aliphatic rings. The number of hydrogen-bond donors (Lipinski definition) is 0. The maximum atomic E-state index is 2.48. The molecule has 0 bridgehead atoms. The van der Waals surface area contributed by atoms with E-state index in [9.17, 15) is 0 Å². The van der Waals surface area contributed by atoms with Crippen molar-refractivity contribution in [3.05, 3.63) is 0 Å². The van der Waals surface area contributed by atoms with Gasteiger partial charge in [0.2, 0.25) is 0 Å². The van der Waals surface area contributed by atoms with Gasteiger partial charge in [-0.15, -0.1) is 0 Å². The maximum absolute atomic E-state index is 2.48. The molecule has 14 heavy (non-hydrogen) atoms. The minimum atomic E-state index is 0.938. The van der Waals surface area contributed by atoms with Crippen LogP contribution in [0.15, 0.2) is 0 Å². The van der Waals surface area contributed by atoms with Gasteiger partial charge in [-0.3, -0.25) is 0 Å². The molecule has 1 saturated carbocycles. The molecule has 84 valence electrons. The Morgan fingerprint density at radius 2 is 1.64 bits per heavy atom. The van der Waals surface area contributed by atoms with Crippen LogP contribution in [-0.4, -0.2) is 0 Å². The Morgan fingerprint density at radius 3 is 2.21 bits per heavy atom. The fraction of sp³-hybridized carbons (Fsp3) is 1.00. The summed E-state index contributed by atoms with van der Waals surface area (Å²) >= 11 is 0. The van der Waals surface area contributed by atoms with Crippen LogP contribution in [0.3, 0.4) is 0 Å². The van der Waals surface area contributed by atoms with Gasteiger partial charge in [-0.25, -0.2) is 0 Å². The van der Waals surface area contributed by atoms with Gasteiger partial charge in [-0.1, -0.05) is 60.3 Å². The molecule has 0 aromatic carbocycles. The summed E-state index contributed by atoms with van der Waals surface area (Å²) < 4.78 is 0. The van der Waals surface area contributed by atoms with Gasteiger partial charge in [-0.2, -0.15) is 0 Å². The van der Waals surface area contributed by atoms with E-state index in [1.54, 1.807) is 0 Å². The average Bonchev–Trinajstić information content (AvgIpc) is 2.13. The van der Waals surface area contributed by atoms with E-state index in [0.717, 1.165) is 29.6 Å². The highest BCUT2D eigenvalue weighted by Gasteiger charge is 2.34. The van der Waals surface area contributed by atoms with E-state index < -0.39 is 0 Å². The van der Waals surface area contributed by atoms with Gasteiger partial charge in [0.15, 0.2) is 0 Å². The number of rotatable bonds is 3. The van der Waals surface area contributed by atoms with Crippen LogP contribution in [0, 0.1) is 29.6 Å². The zero-order valence-corrected chi connectivity index (χ0v) is 10.7. The summed E-state index contributed by atoms with van der Waals surface area (Å²) in [5.74, 6) is 4.78. The first-order valence-corrected chi connectivity index (χ1v) is 6.57. The molecule has 1 fully saturated rings. The van der Waals surface area contributed by atoms with Crippen LogP contribution in [0.1, 0.15) is 60.3 Å². The average molecular weight is 196 g/mol. The molecule has 0 N–H and O–H groups in total. The van der Waals surface area contributed by atoms with Gasteiger partial charge < -0.3 is 0 Å². The molecule has 0 aromatic heterocycles. The summed E-state index contributed by atoms with van der Waals surface area (Å²) in [6.45, 7) is 12.2. The van der Waals surface area contributed by atoms with Crippen LogP contribution < -0.4 is 0 Å². The van der Waals surface area contributed by atoms with Crippen LogP contribution in [0.5, 0.6) is 0 Å². The van der Waals surface area contributed by atoms with E-state index in [2.05, 4.69) is 34.6 Å². The van der Waals surface area contributed by atoms with Crippen LogP contribution in [0.25, 0.3) is 0 Å². The van der Waals surface area contributed by atoms with Crippen molar-refractivity contribution >= 4 is 0 Å². The molecule has 5 unspecified atom stereocenters. The van der Waals surface area contributed by atoms with E-state index in [4.69, 9.17) is 0 Å². The Balaban J connectivity index is 2.61. The van der Waals surface area contributed by atoms with Crippen molar-refractivity contribution < 1.29 is 0 Å². The highest BCUT2D eigenvalue weighted by molar-refractivity contribution is 4.84. The normalized spacial score (nSPS) is 40.9. The molecule has 0 nitrogen and oxygen atoms in total. The maximum Gasteiger partial charge on any atom is -0.0334 e. The predicted molar refractivity (Wildman–Crippen MR) is 64.3 cm³/mol. The predicted octanol–water partition coefficient (Wildman–Crippen LogP) is 4.74. The summed E-state index contributed by atoms with van der Waals surface area (Å²) in [5.41, 5.74) is 0. The molecule has 0 saturated heterocycles. The molecule has 0 amide bonds. The summed E-state index contributed by atoms with van der Waals surface area (Å²) in [6.07, 6.45) is 5.69. The Hall–Kier alpha value is 0. The SMILES string of the molecule is CCCC(C)C1C(C)CCC(C)C1C. The monoisotopic (exact) mass is 196 g/mol. The Kier molecular flexibility index (Phi) is 4.47. The standard InChI is InChI=1S/C14H28/c1-6-7-11(3)14-12(4)9-8-10(2)13(14)5/h10-14H,6-9H2,1-5H3. The van der Waals surface area contributed by atoms with Gasteiger partial charge in [0, 0.05) is 0 Å². The van der Waals surface area contributed by atoms with E-state index in [-0.39, 0.29) is 0 Å². The molecular weight excluding hydrogens is 168 g/mol. The first-order valence-electron chi connectivity index (χ1n) is 6.57. The summed E-state index contributed by atoms with van der Waals surface area (Å²) in [6, 6.07) is 0. The summed E-state index contributed by atoms with van der Waals surface area (Å²) in [5, 5.41) is 0. The van der Waals surface area contributed by atoms with Crippen molar-refractivity contribution in [3.8, 4) is 0 Å². The second-order valence-corrected chi connectivity index (χ2v) is 5.73. The summed E-state index contributed by atoms with van der Waals surface area (Å²) in [7, 11) is 0. The lowest BCUT2D eigenvalue weighted by molar-refractivity contribution is 0.0725. The molecule has 0 aromatic rings. The number of hydrogen-bond acceptors (Lipinski definition) is 0. The van der Waals surface area contributed by atoms with Gasteiger partial charge in [0.05, 0.1) is 0 Å². The third-order valence-corrected chi connectivity index (χ3v) is 4.64. The van der Waals surface area contributed by atoms with Crippen molar-refractivity contribution in [3.63, 3.8) is 0 Å². The van der Waals surface area contributed by atoms with Crippen LogP contribution >= 0.6 is 0 Å². The van der Waals surface area contributed by atoms with Gasteiger partial charge in [0.25, 0.3) is 0 Å². The van der Waals surface area contributed by atoms with E-state index in [1.807, 2.05) is 0 Å². The minimum absolute atomic E-state index is 0.938. The first kappa shape index (κ1) is 12.1. The minimum Gasteiger partial charge on any atom is -0.0654 e. The Morgan fingerprint density at radius 1 is 1.07 bits per heavy atom. The first-order chi connectivity index (χ1) is 6.57. The lowest BCUT2D eigenvalue weighted by Crippen LogP contribution is -2.34. The lowest BCUT2D eigenvalue weighted by atomic mass is 9.63. The Bertz CT molecular complexity index is 161. The fourth-order valence-electron chi connectivity index (χ4n) is 3.61. The quantitative estimate of drug-likeness (QED) is 0.611. The van der Waals surface area contributed by atoms with Crippen molar-refractivity contribution in [1.29, 1.82) is 0 Å². The molecule has 5 atom stereocenters. The molecule has 0 radical (unpaired) electrons. The van der Waals surface area contributed by atoms with Crippen molar-refractivity contribution in [2.24, 2.45) is 29.6 Å². The van der Waals surface area contributed by atoms with Crippen molar-refractivity contribution in [2.45, 2.75) is 60.3 Å². The smallest absolute Gasteiger partial charge is 0.0334 e. The summed E-state index contributed by atoms with van der Waals surface area (Å²) in [4.78, 5) is 0. The molecule has 0 aliphatic heterocycles.